The highest BCUT2D eigenvalue weighted by Crippen LogP contribution is 2.60. The minimum atomic E-state index is -3.28. The molecule has 1 saturated heterocycles. The summed E-state index contributed by atoms with van der Waals surface area (Å²) >= 11 is 0. The van der Waals surface area contributed by atoms with Crippen LogP contribution in [0.2, 0.25) is 18.6 Å². The lowest BCUT2D eigenvalue weighted by molar-refractivity contribution is -0.146. The first-order chi connectivity index (χ1) is 19.1. The van der Waals surface area contributed by atoms with Gasteiger partial charge < -0.3 is 28.9 Å². The number of aliphatic hydroxyl groups is 1. The van der Waals surface area contributed by atoms with E-state index in [0.717, 1.165) is 5.56 Å². The molecule has 3 aromatic carbocycles. The van der Waals surface area contributed by atoms with Crippen molar-refractivity contribution in [3.05, 3.63) is 89.5 Å². The highest BCUT2D eigenvalue weighted by atomic mass is 28.4. The molecule has 1 spiro atoms. The molecule has 2 heterocycles. The van der Waals surface area contributed by atoms with Crippen LogP contribution in [0.15, 0.2) is 72.8 Å². The number of amides is 2. The molecule has 2 N–H and O–H groups in total. The molecular formula is C31H35FN2O5Si. The van der Waals surface area contributed by atoms with E-state index in [1.165, 1.54) is 0 Å². The molecule has 40 heavy (non-hydrogen) atoms. The minimum Gasteiger partial charge on any atom is -0.497 e. The van der Waals surface area contributed by atoms with Crippen LogP contribution in [0.5, 0.6) is 5.75 Å². The summed E-state index contributed by atoms with van der Waals surface area (Å²) in [5, 5.41) is 12.7. The van der Waals surface area contributed by atoms with E-state index in [1.807, 2.05) is 43.3 Å². The first kappa shape index (κ1) is 28.0. The topological polar surface area (TPSA) is 88.1 Å². The number of carbonyl (C=O) groups excluding carboxylic acids is 2. The summed E-state index contributed by atoms with van der Waals surface area (Å²) in [4.78, 5) is 28.8. The number of hydrogen-bond acceptors (Lipinski definition) is 5. The second kappa shape index (κ2) is 10.8. The molecule has 0 saturated carbocycles. The predicted octanol–water partition coefficient (Wildman–Crippen LogP) is 5.65. The zero-order valence-electron chi connectivity index (χ0n) is 23.2. The largest absolute Gasteiger partial charge is 0.497 e. The fourth-order valence-electron chi connectivity index (χ4n) is 6.43. The van der Waals surface area contributed by atoms with Gasteiger partial charge in [-0.05, 0) is 67.5 Å². The van der Waals surface area contributed by atoms with Crippen LogP contribution in [0.25, 0.3) is 0 Å². The predicted molar refractivity (Wildman–Crippen MR) is 155 cm³/mol. The Morgan fingerprint density at radius 3 is 2.55 bits per heavy atom. The Balaban J connectivity index is 1.50. The number of fused-ring (bicyclic) bond motifs is 2. The van der Waals surface area contributed by atoms with Crippen LogP contribution in [-0.2, 0) is 21.7 Å². The summed E-state index contributed by atoms with van der Waals surface area (Å²) in [5.74, 6) is -0.354. The Kier molecular flexibility index (Phi) is 7.56. The van der Waals surface area contributed by atoms with Crippen molar-refractivity contribution in [1.82, 2.24) is 0 Å². The third-order valence-corrected chi connectivity index (χ3v) is 10.6. The van der Waals surface area contributed by atoms with E-state index in [0.29, 0.717) is 28.3 Å². The molecule has 2 amide bonds. The normalized spacial score (nSPS) is 23.9. The number of benzene rings is 3. The van der Waals surface area contributed by atoms with Crippen molar-refractivity contribution in [1.29, 1.82) is 0 Å². The number of anilines is 2. The van der Waals surface area contributed by atoms with Gasteiger partial charge in [-0.15, -0.1) is 0 Å². The molecule has 9 heteroatoms. The molecule has 7 nitrogen and oxygen atoms in total. The van der Waals surface area contributed by atoms with E-state index in [4.69, 9.17) is 9.47 Å². The molecule has 210 valence electrons. The van der Waals surface area contributed by atoms with Gasteiger partial charge in [0.1, 0.15) is 5.75 Å². The molecule has 4 atom stereocenters. The van der Waals surface area contributed by atoms with Crippen molar-refractivity contribution in [3.63, 3.8) is 0 Å². The lowest BCUT2D eigenvalue weighted by Crippen LogP contribution is -2.45. The Morgan fingerprint density at radius 1 is 1.12 bits per heavy atom. The molecule has 2 aliphatic rings. The Bertz CT molecular complexity index is 1410. The molecule has 0 aromatic heterocycles. The fraction of sp³-hybridized carbons (Fsp3) is 0.355. The summed E-state index contributed by atoms with van der Waals surface area (Å²) in [6, 6.07) is 21.8. The van der Waals surface area contributed by atoms with Crippen molar-refractivity contribution in [3.8, 4) is 5.75 Å². The third kappa shape index (κ3) is 4.82. The molecule has 2 aliphatic heterocycles. The number of ether oxygens (including phenoxy) is 2. The number of nitrogens with one attached hydrogen (secondary N) is 1. The van der Waals surface area contributed by atoms with E-state index in [2.05, 4.69) is 5.32 Å². The number of aliphatic hydroxyl groups excluding tert-OH is 1. The molecule has 0 aliphatic carbocycles. The Hall–Kier alpha value is -3.53. The maximum Gasteiger partial charge on any atom is 0.264 e. The van der Waals surface area contributed by atoms with Gasteiger partial charge in [-0.25, -0.2) is 0 Å². The first-order valence-corrected chi connectivity index (χ1v) is 16.5. The second-order valence-corrected chi connectivity index (χ2v) is 14.9. The second-order valence-electron chi connectivity index (χ2n) is 11.1. The number of rotatable bonds is 8. The lowest BCUT2D eigenvalue weighted by Gasteiger charge is -2.31. The third-order valence-electron chi connectivity index (χ3n) is 8.14. The zero-order chi connectivity index (χ0) is 28.7. The van der Waals surface area contributed by atoms with Gasteiger partial charge >= 0.3 is 0 Å². The zero-order valence-corrected chi connectivity index (χ0v) is 24.2. The van der Waals surface area contributed by atoms with Gasteiger partial charge in [0.25, 0.3) is 11.8 Å². The van der Waals surface area contributed by atoms with Gasteiger partial charge in [0, 0.05) is 34.9 Å². The highest BCUT2D eigenvalue weighted by molar-refractivity contribution is 6.72. The van der Waals surface area contributed by atoms with Crippen LogP contribution in [0.3, 0.4) is 0 Å². The first-order valence-electron chi connectivity index (χ1n) is 13.5. The lowest BCUT2D eigenvalue weighted by atomic mass is 9.82. The molecular weight excluding hydrogens is 527 g/mol. The van der Waals surface area contributed by atoms with Crippen molar-refractivity contribution in [2.24, 2.45) is 5.92 Å². The van der Waals surface area contributed by atoms with Gasteiger partial charge in [0.15, 0.2) is 5.60 Å². The average molecular weight is 563 g/mol. The van der Waals surface area contributed by atoms with E-state index in [1.54, 1.807) is 61.5 Å². The van der Waals surface area contributed by atoms with Gasteiger partial charge in [-0.1, -0.05) is 37.3 Å². The van der Waals surface area contributed by atoms with Crippen molar-refractivity contribution < 1.29 is 28.3 Å². The quantitative estimate of drug-likeness (QED) is 0.274. The van der Waals surface area contributed by atoms with Crippen LogP contribution >= 0.6 is 0 Å². The number of nitrogens with zero attached hydrogens (tertiary/aromatic N) is 1. The Labute approximate surface area is 235 Å². The number of halogens is 1. The van der Waals surface area contributed by atoms with Crippen LogP contribution < -0.4 is 15.0 Å². The van der Waals surface area contributed by atoms with E-state index in [-0.39, 0.29) is 31.4 Å². The van der Waals surface area contributed by atoms with E-state index < -0.39 is 31.6 Å². The standard InChI is InChI=1S/C31H35FN2O5Si/c1-20-28(40(3,4)32)27(15-16-35)39-31(20)25-18-24(38-2)13-14-26(25)34(30(31)37)19-21-9-8-12-23(17-21)33-29(36)22-10-6-5-7-11-22/h5-14,17-18,20,27-28,35H,15-16,19H2,1-4H3,(H,33,36)/t20-,27+,28-,31+/m0/s1. The average Bonchev–Trinajstić information content (AvgIpc) is 3.36. The summed E-state index contributed by atoms with van der Waals surface area (Å²) in [6.45, 7) is 5.25. The van der Waals surface area contributed by atoms with Crippen LogP contribution in [-0.4, -0.2) is 45.1 Å². The Morgan fingerprint density at radius 2 is 1.88 bits per heavy atom. The maximum absolute atomic E-state index is 15.7. The van der Waals surface area contributed by atoms with Crippen LogP contribution in [0, 0.1) is 5.92 Å². The minimum absolute atomic E-state index is 0.154. The number of methoxy groups -OCH3 is 1. The van der Waals surface area contributed by atoms with E-state index >= 15 is 4.11 Å². The summed E-state index contributed by atoms with van der Waals surface area (Å²) in [6.07, 6.45) is -0.321. The van der Waals surface area contributed by atoms with Crippen molar-refractivity contribution >= 4 is 31.6 Å². The number of carbonyl (C=O) groups is 2. The molecule has 1 fully saturated rings. The van der Waals surface area contributed by atoms with Gasteiger partial charge in [-0.2, -0.15) is 0 Å². The fourth-order valence-corrected chi connectivity index (χ4v) is 8.97. The van der Waals surface area contributed by atoms with E-state index in [9.17, 15) is 14.7 Å². The van der Waals surface area contributed by atoms with Gasteiger partial charge in [0.05, 0.1) is 25.4 Å². The maximum atomic E-state index is 15.7. The molecule has 0 radical (unpaired) electrons. The number of hydrogen-bond donors (Lipinski definition) is 2. The summed E-state index contributed by atoms with van der Waals surface area (Å²) < 4.78 is 27.8. The van der Waals surface area contributed by atoms with Gasteiger partial charge in [-0.3, -0.25) is 9.59 Å². The molecule has 0 unspecified atom stereocenters. The van der Waals surface area contributed by atoms with Gasteiger partial charge in [0.2, 0.25) is 8.41 Å². The molecule has 5 rings (SSSR count). The highest BCUT2D eigenvalue weighted by Gasteiger charge is 2.66. The van der Waals surface area contributed by atoms with Crippen LogP contribution in [0.1, 0.15) is 34.8 Å². The molecule has 0 bridgehead atoms. The molecule has 3 aromatic rings. The SMILES string of the molecule is COc1ccc2c(c1)[C@@]1(O[C@H](CCO)[C@@H]([Si](C)(C)F)[C@@H]1C)C(=O)N2Cc1cccc(NC(=O)c2ccccc2)c1. The van der Waals surface area contributed by atoms with Crippen molar-refractivity contribution in [2.45, 2.75) is 50.2 Å². The van der Waals surface area contributed by atoms with Crippen LogP contribution in [0.4, 0.5) is 15.5 Å². The summed E-state index contributed by atoms with van der Waals surface area (Å²) in [7, 11) is -1.72. The smallest absolute Gasteiger partial charge is 0.264 e. The summed E-state index contributed by atoms with van der Waals surface area (Å²) in [5.41, 5.74) is 1.45. The monoisotopic (exact) mass is 562 g/mol. The van der Waals surface area contributed by atoms with Crippen molar-refractivity contribution in [2.75, 3.05) is 23.9 Å².